The van der Waals surface area contributed by atoms with Gasteiger partial charge in [0.15, 0.2) is 17.4 Å². The van der Waals surface area contributed by atoms with Crippen LogP contribution in [0.25, 0.3) is 0 Å². The van der Waals surface area contributed by atoms with E-state index in [1.165, 1.54) is 6.92 Å². The number of nitrogens with two attached hydrogens (primary N) is 1. The molecule has 90 valence electrons. The highest BCUT2D eigenvalue weighted by Gasteiger charge is 2.21. The molecular formula is C9H11N5O3. The highest BCUT2D eigenvalue weighted by molar-refractivity contribution is 5.92. The van der Waals surface area contributed by atoms with Gasteiger partial charge in [0.1, 0.15) is 5.69 Å². The number of hydrogen-bond acceptors (Lipinski definition) is 7. The van der Waals surface area contributed by atoms with E-state index in [4.69, 9.17) is 5.73 Å². The van der Waals surface area contributed by atoms with Gasteiger partial charge >= 0.3 is 0 Å². The van der Waals surface area contributed by atoms with Gasteiger partial charge in [-0.1, -0.05) is 0 Å². The van der Waals surface area contributed by atoms with E-state index in [-0.39, 0.29) is 29.7 Å². The largest absolute Gasteiger partial charge is 0.503 e. The van der Waals surface area contributed by atoms with E-state index < -0.39 is 17.1 Å². The number of ketones is 1. The summed E-state index contributed by atoms with van der Waals surface area (Å²) in [6.07, 6.45) is 0. The van der Waals surface area contributed by atoms with Gasteiger partial charge in [-0.05, 0) is 0 Å². The molecule has 6 N–H and O–H groups in total. The van der Waals surface area contributed by atoms with Crippen molar-refractivity contribution in [3.05, 3.63) is 21.8 Å². The van der Waals surface area contributed by atoms with Gasteiger partial charge < -0.3 is 21.5 Å². The van der Waals surface area contributed by atoms with Gasteiger partial charge in [0.25, 0.3) is 5.56 Å². The van der Waals surface area contributed by atoms with Crippen molar-refractivity contribution in [2.45, 2.75) is 6.92 Å². The minimum absolute atomic E-state index is 0.00808. The van der Waals surface area contributed by atoms with Crippen LogP contribution in [-0.2, 0) is 4.79 Å². The summed E-state index contributed by atoms with van der Waals surface area (Å²) >= 11 is 0. The second kappa shape index (κ2) is 3.81. The molecule has 0 fully saturated rings. The second-order valence-corrected chi connectivity index (χ2v) is 3.54. The number of aromatic amines is 1. The van der Waals surface area contributed by atoms with Crippen LogP contribution in [0.3, 0.4) is 0 Å². The zero-order valence-electron chi connectivity index (χ0n) is 9.00. The summed E-state index contributed by atoms with van der Waals surface area (Å²) in [7, 11) is 0. The number of carbonyl (C=O) groups excluding carboxylic acids is 1. The number of aliphatic hydroxyl groups is 1. The van der Waals surface area contributed by atoms with E-state index in [0.717, 1.165) is 0 Å². The van der Waals surface area contributed by atoms with E-state index in [2.05, 4.69) is 20.6 Å². The summed E-state index contributed by atoms with van der Waals surface area (Å²) in [5.74, 6) is -0.630. The Kier molecular flexibility index (Phi) is 2.47. The van der Waals surface area contributed by atoms with E-state index >= 15 is 0 Å². The number of nitrogens with one attached hydrogen (secondary N) is 3. The molecule has 0 aromatic carbocycles. The number of anilines is 3. The van der Waals surface area contributed by atoms with Crippen molar-refractivity contribution in [1.29, 1.82) is 0 Å². The maximum absolute atomic E-state index is 11.6. The third kappa shape index (κ3) is 1.92. The first-order valence-corrected chi connectivity index (χ1v) is 4.82. The van der Waals surface area contributed by atoms with Gasteiger partial charge in [-0.3, -0.25) is 14.6 Å². The molecule has 0 spiro atoms. The molecule has 8 heteroatoms. The number of nitrogens with zero attached hydrogens (tertiary/aromatic N) is 1. The highest BCUT2D eigenvalue weighted by Crippen LogP contribution is 2.22. The fourth-order valence-electron chi connectivity index (χ4n) is 1.46. The first-order valence-electron chi connectivity index (χ1n) is 4.82. The quantitative estimate of drug-likeness (QED) is 0.330. The lowest BCUT2D eigenvalue weighted by Crippen LogP contribution is -2.29. The van der Waals surface area contributed by atoms with Gasteiger partial charge in [-0.2, -0.15) is 4.98 Å². The molecule has 17 heavy (non-hydrogen) atoms. The van der Waals surface area contributed by atoms with Crippen LogP contribution in [0, 0.1) is 0 Å². The molecule has 1 aromatic heterocycles. The Bertz CT molecular complexity index is 574. The summed E-state index contributed by atoms with van der Waals surface area (Å²) in [4.78, 5) is 28.7. The predicted molar refractivity (Wildman–Crippen MR) is 61.7 cm³/mol. The smallest absolute Gasteiger partial charge is 0.278 e. The summed E-state index contributed by atoms with van der Waals surface area (Å²) in [6.45, 7) is 1.39. The lowest BCUT2D eigenvalue weighted by atomic mass is 10.2. The van der Waals surface area contributed by atoms with Crippen LogP contribution in [0.2, 0.25) is 0 Å². The topological polar surface area (TPSA) is 133 Å². The number of aliphatic hydroxyl groups excluding tert-OH is 1. The Balaban J connectivity index is 2.47. The average Bonchev–Trinajstić information content (AvgIpc) is 2.27. The first kappa shape index (κ1) is 11.0. The third-order valence-electron chi connectivity index (χ3n) is 2.27. The Morgan fingerprint density at radius 3 is 2.88 bits per heavy atom. The Morgan fingerprint density at radius 1 is 1.53 bits per heavy atom. The van der Waals surface area contributed by atoms with Gasteiger partial charge in [0, 0.05) is 6.92 Å². The van der Waals surface area contributed by atoms with Crippen LogP contribution in [-0.4, -0.2) is 27.4 Å². The van der Waals surface area contributed by atoms with Crippen molar-refractivity contribution in [2.24, 2.45) is 0 Å². The Labute approximate surface area is 95.6 Å². The molecule has 0 radical (unpaired) electrons. The van der Waals surface area contributed by atoms with Crippen LogP contribution >= 0.6 is 0 Å². The Hall–Kier alpha value is -2.51. The number of fused-ring (bicyclic) bond motifs is 1. The molecule has 0 saturated carbocycles. The number of allylic oxidation sites excluding steroid dienone is 1. The van der Waals surface area contributed by atoms with Crippen molar-refractivity contribution < 1.29 is 9.90 Å². The summed E-state index contributed by atoms with van der Waals surface area (Å²) < 4.78 is 0. The standard InChI is InChI=1S/C9H11N5O3/c1-3(15)6(16)4-2-11-7-5(12-4)8(17)14-9(10)13-7/h12,16H,2H2,1H3,(H4,10,11,13,14,17)/b6-4-. The molecular weight excluding hydrogens is 226 g/mol. The van der Waals surface area contributed by atoms with Crippen LogP contribution in [0.1, 0.15) is 6.92 Å². The van der Waals surface area contributed by atoms with Gasteiger partial charge in [-0.15, -0.1) is 0 Å². The predicted octanol–water partition coefficient (Wildman–Crippen LogP) is -0.452. The molecule has 1 aliphatic heterocycles. The zero-order chi connectivity index (χ0) is 12.6. The molecule has 0 saturated heterocycles. The molecule has 0 unspecified atom stereocenters. The summed E-state index contributed by atoms with van der Waals surface area (Å²) in [5, 5.41) is 14.9. The third-order valence-corrected chi connectivity index (χ3v) is 2.27. The lowest BCUT2D eigenvalue weighted by molar-refractivity contribution is -0.116. The molecule has 0 bridgehead atoms. The lowest BCUT2D eigenvalue weighted by Gasteiger charge is -2.21. The van der Waals surface area contributed by atoms with Crippen molar-refractivity contribution in [1.82, 2.24) is 9.97 Å². The number of H-pyrrole nitrogens is 1. The maximum atomic E-state index is 11.6. The second-order valence-electron chi connectivity index (χ2n) is 3.54. The van der Waals surface area contributed by atoms with Crippen molar-refractivity contribution in [3.8, 4) is 0 Å². The molecule has 1 aromatic rings. The van der Waals surface area contributed by atoms with Crippen LogP contribution in [0.5, 0.6) is 0 Å². The van der Waals surface area contributed by atoms with E-state index in [0.29, 0.717) is 0 Å². The van der Waals surface area contributed by atoms with Crippen LogP contribution in [0.4, 0.5) is 17.5 Å². The number of carbonyl (C=O) groups is 1. The van der Waals surface area contributed by atoms with Gasteiger partial charge in [0.05, 0.1) is 12.2 Å². The molecule has 2 heterocycles. The van der Waals surface area contributed by atoms with E-state index in [1.807, 2.05) is 0 Å². The number of rotatable bonds is 1. The molecule has 1 aliphatic rings. The SMILES string of the molecule is CC(=O)/C(O)=C1\CNc2nc(N)[nH]c(=O)c2N1. The molecule has 0 atom stereocenters. The van der Waals surface area contributed by atoms with Gasteiger partial charge in [-0.25, -0.2) is 0 Å². The highest BCUT2D eigenvalue weighted by atomic mass is 16.3. The van der Waals surface area contributed by atoms with E-state index in [9.17, 15) is 14.7 Å². The minimum Gasteiger partial charge on any atom is -0.503 e. The van der Waals surface area contributed by atoms with Crippen molar-refractivity contribution >= 4 is 23.2 Å². The number of aromatic nitrogens is 2. The zero-order valence-corrected chi connectivity index (χ0v) is 9.00. The molecule has 0 aliphatic carbocycles. The molecule has 2 rings (SSSR count). The fourth-order valence-corrected chi connectivity index (χ4v) is 1.46. The van der Waals surface area contributed by atoms with Crippen molar-refractivity contribution in [2.75, 3.05) is 22.9 Å². The molecule has 8 nitrogen and oxygen atoms in total. The normalized spacial score (nSPS) is 16.5. The first-order chi connectivity index (χ1) is 7.99. The van der Waals surface area contributed by atoms with Gasteiger partial charge in [0.2, 0.25) is 5.95 Å². The minimum atomic E-state index is -0.488. The maximum Gasteiger partial charge on any atom is 0.278 e. The van der Waals surface area contributed by atoms with Crippen LogP contribution < -0.4 is 21.9 Å². The van der Waals surface area contributed by atoms with Crippen molar-refractivity contribution in [3.63, 3.8) is 0 Å². The number of hydrogen-bond donors (Lipinski definition) is 5. The molecule has 0 amide bonds. The fraction of sp³-hybridized carbons (Fsp3) is 0.222. The number of nitrogen functional groups attached to an aromatic ring is 1. The Morgan fingerprint density at radius 2 is 2.24 bits per heavy atom. The summed E-state index contributed by atoms with van der Waals surface area (Å²) in [5.41, 5.74) is 5.24. The summed E-state index contributed by atoms with van der Waals surface area (Å²) in [6, 6.07) is 0. The van der Waals surface area contributed by atoms with Crippen LogP contribution in [0.15, 0.2) is 16.3 Å². The monoisotopic (exact) mass is 237 g/mol. The number of Topliss-reactive ketones (excluding diaryl/α,β-unsaturated/α-hetero) is 1. The van der Waals surface area contributed by atoms with E-state index in [1.54, 1.807) is 0 Å². The average molecular weight is 237 g/mol.